The summed E-state index contributed by atoms with van der Waals surface area (Å²) in [7, 11) is 0. The van der Waals surface area contributed by atoms with Crippen LogP contribution in [0, 0.1) is 20.8 Å². The maximum absolute atomic E-state index is 12.1. The fraction of sp³-hybridized carbons (Fsp3) is 0.160. The number of rotatable bonds is 6. The summed E-state index contributed by atoms with van der Waals surface area (Å²) < 4.78 is 5.81. The smallest absolute Gasteiger partial charge is 0.329 e. The molecule has 2 amide bonds. The number of nitrogens with one attached hydrogen (secondary N) is 2. The SMILES string of the molecule is Cc1ccc(COc2cccc(/C=N\NC(=O)C(=O)Nc3c(C)cccc3C)c2)cc1. The Morgan fingerprint density at radius 3 is 2.29 bits per heavy atom. The lowest BCUT2D eigenvalue weighted by atomic mass is 10.1. The predicted molar refractivity (Wildman–Crippen MR) is 122 cm³/mol. The first-order valence-electron chi connectivity index (χ1n) is 9.91. The number of amides is 2. The van der Waals surface area contributed by atoms with E-state index in [0.717, 1.165) is 22.3 Å². The third-order valence-electron chi connectivity index (χ3n) is 4.69. The number of nitrogens with zero attached hydrogens (tertiary/aromatic N) is 1. The van der Waals surface area contributed by atoms with Crippen LogP contribution in [0.3, 0.4) is 0 Å². The molecule has 0 heterocycles. The number of carbonyl (C=O) groups excluding carboxylic acids is 2. The molecular formula is C25H25N3O3. The second kappa shape index (κ2) is 10.2. The van der Waals surface area contributed by atoms with E-state index in [1.165, 1.54) is 11.8 Å². The second-order valence-electron chi connectivity index (χ2n) is 7.27. The van der Waals surface area contributed by atoms with Crippen LogP contribution in [0.5, 0.6) is 5.75 Å². The van der Waals surface area contributed by atoms with Crippen molar-refractivity contribution < 1.29 is 14.3 Å². The molecule has 3 aromatic rings. The van der Waals surface area contributed by atoms with E-state index in [1.807, 2.05) is 81.4 Å². The van der Waals surface area contributed by atoms with Gasteiger partial charge in [-0.2, -0.15) is 5.10 Å². The maximum atomic E-state index is 12.1. The monoisotopic (exact) mass is 415 g/mol. The fourth-order valence-corrected chi connectivity index (χ4v) is 2.93. The standard InChI is InChI=1S/C25H25N3O3/c1-17-10-12-20(13-11-17)16-31-22-9-5-8-21(14-22)15-26-28-25(30)24(29)27-23-18(2)6-4-7-19(23)3/h4-15H,16H2,1-3H3,(H,27,29)(H,28,30)/b26-15-. The zero-order valence-electron chi connectivity index (χ0n) is 17.8. The van der Waals surface area contributed by atoms with Gasteiger partial charge in [-0.1, -0.05) is 60.2 Å². The van der Waals surface area contributed by atoms with Crippen molar-refractivity contribution in [3.8, 4) is 5.75 Å². The highest BCUT2D eigenvalue weighted by molar-refractivity contribution is 6.39. The van der Waals surface area contributed by atoms with Crippen LogP contribution in [0.1, 0.15) is 27.8 Å². The Kier molecular flexibility index (Phi) is 7.17. The van der Waals surface area contributed by atoms with Crippen LogP contribution in [0.25, 0.3) is 0 Å². The number of carbonyl (C=O) groups is 2. The Balaban J connectivity index is 1.54. The number of para-hydroxylation sites is 1. The molecular weight excluding hydrogens is 390 g/mol. The maximum Gasteiger partial charge on any atom is 0.329 e. The Morgan fingerprint density at radius 1 is 0.903 bits per heavy atom. The lowest BCUT2D eigenvalue weighted by Gasteiger charge is -2.10. The van der Waals surface area contributed by atoms with Crippen LogP contribution < -0.4 is 15.5 Å². The molecule has 0 fully saturated rings. The van der Waals surface area contributed by atoms with Gasteiger partial charge in [0.2, 0.25) is 0 Å². The second-order valence-corrected chi connectivity index (χ2v) is 7.27. The van der Waals surface area contributed by atoms with Gasteiger partial charge in [-0.05, 0) is 55.2 Å². The van der Waals surface area contributed by atoms with Crippen LogP contribution in [0.15, 0.2) is 71.8 Å². The first-order valence-corrected chi connectivity index (χ1v) is 9.91. The largest absolute Gasteiger partial charge is 0.489 e. The highest BCUT2D eigenvalue weighted by atomic mass is 16.5. The van der Waals surface area contributed by atoms with E-state index in [9.17, 15) is 9.59 Å². The lowest BCUT2D eigenvalue weighted by molar-refractivity contribution is -0.136. The molecule has 0 saturated heterocycles. The van der Waals surface area contributed by atoms with Crippen LogP contribution in [0.2, 0.25) is 0 Å². The van der Waals surface area contributed by atoms with Crippen molar-refractivity contribution in [2.45, 2.75) is 27.4 Å². The Bertz CT molecular complexity index is 1090. The van der Waals surface area contributed by atoms with Gasteiger partial charge in [0.05, 0.1) is 6.21 Å². The molecule has 0 spiro atoms. The van der Waals surface area contributed by atoms with E-state index in [-0.39, 0.29) is 0 Å². The number of ether oxygens (including phenoxy) is 1. The van der Waals surface area contributed by atoms with Gasteiger partial charge in [0.1, 0.15) is 12.4 Å². The van der Waals surface area contributed by atoms with Crippen LogP contribution in [-0.2, 0) is 16.2 Å². The molecule has 0 aromatic heterocycles. The number of anilines is 1. The predicted octanol–water partition coefficient (Wildman–Crippen LogP) is 4.28. The molecule has 0 aliphatic rings. The van der Waals surface area contributed by atoms with Gasteiger partial charge < -0.3 is 10.1 Å². The molecule has 3 rings (SSSR count). The molecule has 31 heavy (non-hydrogen) atoms. The number of hydrazone groups is 1. The van der Waals surface area contributed by atoms with Gasteiger partial charge >= 0.3 is 11.8 Å². The van der Waals surface area contributed by atoms with E-state index in [4.69, 9.17) is 4.74 Å². The summed E-state index contributed by atoms with van der Waals surface area (Å²) in [6.45, 7) is 6.23. The van der Waals surface area contributed by atoms with E-state index in [1.54, 1.807) is 6.07 Å². The summed E-state index contributed by atoms with van der Waals surface area (Å²) in [6.07, 6.45) is 1.46. The Morgan fingerprint density at radius 2 is 1.58 bits per heavy atom. The highest BCUT2D eigenvalue weighted by Gasteiger charge is 2.15. The van der Waals surface area contributed by atoms with Crippen LogP contribution >= 0.6 is 0 Å². The summed E-state index contributed by atoms with van der Waals surface area (Å²) >= 11 is 0. The number of hydrogen-bond donors (Lipinski definition) is 2. The third-order valence-corrected chi connectivity index (χ3v) is 4.69. The minimum atomic E-state index is -0.842. The minimum Gasteiger partial charge on any atom is -0.489 e. The van der Waals surface area contributed by atoms with Crippen LogP contribution in [0.4, 0.5) is 5.69 Å². The normalized spacial score (nSPS) is 10.7. The van der Waals surface area contributed by atoms with Gasteiger partial charge in [0.25, 0.3) is 0 Å². The molecule has 0 unspecified atom stereocenters. The minimum absolute atomic E-state index is 0.454. The third kappa shape index (κ3) is 6.27. The molecule has 3 aromatic carbocycles. The molecule has 0 bridgehead atoms. The molecule has 6 nitrogen and oxygen atoms in total. The first kappa shape index (κ1) is 21.8. The van der Waals surface area contributed by atoms with Crippen molar-refractivity contribution in [3.05, 3.63) is 94.5 Å². The number of aryl methyl sites for hydroxylation is 3. The van der Waals surface area contributed by atoms with Crippen molar-refractivity contribution in [2.75, 3.05) is 5.32 Å². The average Bonchev–Trinajstić information content (AvgIpc) is 2.76. The van der Waals surface area contributed by atoms with Crippen molar-refractivity contribution in [2.24, 2.45) is 5.10 Å². The zero-order valence-corrected chi connectivity index (χ0v) is 17.8. The van der Waals surface area contributed by atoms with Gasteiger partial charge in [0, 0.05) is 5.69 Å². The van der Waals surface area contributed by atoms with E-state index in [2.05, 4.69) is 15.8 Å². The molecule has 2 N–H and O–H groups in total. The molecule has 158 valence electrons. The summed E-state index contributed by atoms with van der Waals surface area (Å²) in [4.78, 5) is 24.2. The van der Waals surface area contributed by atoms with Crippen molar-refractivity contribution in [3.63, 3.8) is 0 Å². The number of hydrogen-bond acceptors (Lipinski definition) is 4. The highest BCUT2D eigenvalue weighted by Crippen LogP contribution is 2.19. The number of benzene rings is 3. The van der Waals surface area contributed by atoms with Gasteiger partial charge in [-0.25, -0.2) is 5.43 Å². The molecule has 6 heteroatoms. The summed E-state index contributed by atoms with van der Waals surface area (Å²) in [6, 6.07) is 21.1. The lowest BCUT2D eigenvalue weighted by Crippen LogP contribution is -2.32. The zero-order chi connectivity index (χ0) is 22.2. The molecule has 0 saturated carbocycles. The summed E-state index contributed by atoms with van der Waals surface area (Å²) in [5, 5.41) is 6.50. The topological polar surface area (TPSA) is 79.8 Å². The quantitative estimate of drug-likeness (QED) is 0.358. The fourth-order valence-electron chi connectivity index (χ4n) is 2.93. The molecule has 0 atom stereocenters. The van der Waals surface area contributed by atoms with Crippen molar-refractivity contribution in [1.29, 1.82) is 0 Å². The van der Waals surface area contributed by atoms with Gasteiger partial charge in [-0.3, -0.25) is 9.59 Å². The van der Waals surface area contributed by atoms with Crippen LogP contribution in [-0.4, -0.2) is 18.0 Å². The molecule has 0 aliphatic carbocycles. The molecule has 0 radical (unpaired) electrons. The first-order chi connectivity index (χ1) is 14.9. The summed E-state index contributed by atoms with van der Waals surface area (Å²) in [5.74, 6) is -0.931. The Hall–Kier alpha value is -3.93. The van der Waals surface area contributed by atoms with Gasteiger partial charge in [0.15, 0.2) is 0 Å². The van der Waals surface area contributed by atoms with E-state index >= 15 is 0 Å². The van der Waals surface area contributed by atoms with E-state index < -0.39 is 11.8 Å². The van der Waals surface area contributed by atoms with Crippen molar-refractivity contribution >= 4 is 23.7 Å². The Labute approximate surface area is 182 Å². The molecule has 0 aliphatic heterocycles. The van der Waals surface area contributed by atoms with Gasteiger partial charge in [-0.15, -0.1) is 0 Å². The average molecular weight is 415 g/mol. The summed E-state index contributed by atoms with van der Waals surface area (Å²) in [5.41, 5.74) is 7.65. The van der Waals surface area contributed by atoms with Crippen molar-refractivity contribution in [1.82, 2.24) is 5.43 Å². The van der Waals surface area contributed by atoms with E-state index in [0.29, 0.717) is 18.0 Å².